The van der Waals surface area contributed by atoms with E-state index in [1.807, 2.05) is 0 Å². The quantitative estimate of drug-likeness (QED) is 0.391. The molecule has 0 atom stereocenters. The van der Waals surface area contributed by atoms with Crippen LogP contribution in [0.5, 0.6) is 0 Å². The van der Waals surface area contributed by atoms with Crippen LogP contribution in [0.15, 0.2) is 0 Å². The van der Waals surface area contributed by atoms with E-state index in [4.69, 9.17) is 23.2 Å². The van der Waals surface area contributed by atoms with Crippen LogP contribution in [0.2, 0.25) is 0 Å². The average Bonchev–Trinajstić information content (AvgIpc) is 1.33. The number of hydrogen-bond acceptors (Lipinski definition) is 1. The Morgan fingerprint density at radius 2 is 1.43 bits per heavy atom. The minimum absolute atomic E-state index is 0.194. The molecule has 0 rings (SSSR count). The van der Waals surface area contributed by atoms with Crippen molar-refractivity contribution in [3.05, 3.63) is 0 Å². The average molecular weight is 163 g/mol. The van der Waals surface area contributed by atoms with Crippen LogP contribution in [0.25, 0.3) is 0 Å². The van der Waals surface area contributed by atoms with Crippen molar-refractivity contribution in [2.24, 2.45) is 0 Å². The molecule has 0 aromatic rings. The maximum absolute atomic E-state index is 9.56. The molecule has 0 bridgehead atoms. The van der Waals surface area contributed by atoms with Crippen LogP contribution < -0.4 is 0 Å². The van der Waals surface area contributed by atoms with Gasteiger partial charge in [-0.1, -0.05) is 11.2 Å². The van der Waals surface area contributed by atoms with Crippen LogP contribution >= 0.6 is 23.2 Å². The summed E-state index contributed by atoms with van der Waals surface area (Å²) < 4.78 is 9.56. The molecule has 0 radical (unpaired) electrons. The number of hydrogen-bond donors (Lipinski definition) is 0. The second kappa shape index (κ2) is 10.00. The smallest absolute Gasteiger partial charge is 0.0967 e. The second-order valence-electron chi connectivity index (χ2n) is 0.843. The van der Waals surface area contributed by atoms with E-state index in [0.717, 1.165) is 0 Å². The zero-order chi connectivity index (χ0) is 6.28. The minimum Gasteiger partial charge on any atom is -0.617 e. The van der Waals surface area contributed by atoms with Crippen molar-refractivity contribution in [1.29, 1.82) is 0 Å². The fraction of sp³-hybridized carbons (Fsp3) is 1.00. The van der Waals surface area contributed by atoms with Crippen molar-refractivity contribution in [2.75, 3.05) is 17.9 Å². The molecule has 0 heterocycles. The Bertz CT molecular complexity index is 24.1. The lowest BCUT2D eigenvalue weighted by molar-refractivity contribution is 0.606. The highest BCUT2D eigenvalue weighted by Crippen LogP contribution is 1.73. The first-order valence-corrected chi connectivity index (χ1v) is 4.55. The van der Waals surface area contributed by atoms with Crippen molar-refractivity contribution in [2.45, 2.75) is 0 Å². The molecule has 0 aromatic carbocycles. The summed E-state index contributed by atoms with van der Waals surface area (Å²) in [5.74, 6) is 0. The topological polar surface area (TPSA) is 23.1 Å². The summed E-state index contributed by atoms with van der Waals surface area (Å²) in [6.45, 7) is 0. The molecule has 46 valence electrons. The van der Waals surface area contributed by atoms with Gasteiger partial charge in [0.1, 0.15) is 0 Å². The van der Waals surface area contributed by atoms with E-state index < -0.39 is 11.2 Å². The molecule has 0 N–H and O–H groups in total. The fourth-order valence-corrected chi connectivity index (χ4v) is 0. The van der Waals surface area contributed by atoms with Crippen LogP contribution in [0.4, 0.5) is 0 Å². The van der Waals surface area contributed by atoms with Gasteiger partial charge in [-0.2, -0.15) is 0 Å². The summed E-state index contributed by atoms with van der Waals surface area (Å²) in [5.41, 5.74) is 0. The Kier molecular flexibility index (Phi) is 15.4. The van der Waals surface area contributed by atoms with E-state index in [9.17, 15) is 4.55 Å². The van der Waals surface area contributed by atoms with E-state index >= 15 is 0 Å². The normalized spacial score (nSPS) is 7.71. The predicted octanol–water partition coefficient (Wildman–Crippen LogP) is 1.42. The van der Waals surface area contributed by atoms with Crippen molar-refractivity contribution < 1.29 is 4.55 Å². The van der Waals surface area contributed by atoms with Gasteiger partial charge in [0.25, 0.3) is 0 Å². The van der Waals surface area contributed by atoms with Gasteiger partial charge in [-0.3, -0.25) is 0 Å². The second-order valence-corrected chi connectivity index (χ2v) is 3.13. The number of rotatable bonds is 0. The molecular weight excluding hydrogens is 155 g/mol. The molecule has 0 fully saturated rings. The monoisotopic (exact) mass is 162 g/mol. The third-order valence-electron chi connectivity index (χ3n) is 0. The highest BCUT2D eigenvalue weighted by Gasteiger charge is 1.66. The molecule has 0 aliphatic heterocycles. The van der Waals surface area contributed by atoms with Gasteiger partial charge in [0, 0.05) is 0 Å². The Labute approximate surface area is 57.2 Å². The summed E-state index contributed by atoms with van der Waals surface area (Å²) in [6.07, 6.45) is 3.28. The summed E-state index contributed by atoms with van der Waals surface area (Å²) >= 11 is 8.92. The van der Waals surface area contributed by atoms with Gasteiger partial charge in [-0.05, 0) is 0 Å². The fourth-order valence-electron chi connectivity index (χ4n) is 0. The van der Waals surface area contributed by atoms with Gasteiger partial charge in [-0.25, -0.2) is 0 Å². The van der Waals surface area contributed by atoms with Crippen molar-refractivity contribution in [3.8, 4) is 0 Å². The molecule has 0 saturated heterocycles. The predicted molar refractivity (Wildman–Crippen MR) is 36.6 cm³/mol. The molecule has 0 amide bonds. The van der Waals surface area contributed by atoms with Gasteiger partial charge in [0.05, 0.1) is 17.9 Å². The molecule has 0 spiro atoms. The van der Waals surface area contributed by atoms with Crippen molar-refractivity contribution in [1.82, 2.24) is 0 Å². The number of halogens is 2. The first-order valence-electron chi connectivity index (χ1n) is 1.52. The van der Waals surface area contributed by atoms with Crippen molar-refractivity contribution in [3.63, 3.8) is 0 Å². The summed E-state index contributed by atoms with van der Waals surface area (Å²) in [5, 5.41) is 0.194. The van der Waals surface area contributed by atoms with Crippen molar-refractivity contribution >= 4 is 34.4 Å². The Balaban J connectivity index is 0. The van der Waals surface area contributed by atoms with Crippen LogP contribution in [-0.4, -0.2) is 22.4 Å². The van der Waals surface area contributed by atoms with Gasteiger partial charge in [0.15, 0.2) is 0 Å². The molecule has 7 heavy (non-hydrogen) atoms. The molecule has 1 nitrogen and oxygen atoms in total. The molecule has 0 unspecified atom stereocenters. The van der Waals surface area contributed by atoms with E-state index in [2.05, 4.69) is 0 Å². The highest BCUT2D eigenvalue weighted by atomic mass is 35.5. The first kappa shape index (κ1) is 10.8. The zero-order valence-electron chi connectivity index (χ0n) is 4.28. The van der Waals surface area contributed by atoms with Gasteiger partial charge in [-0.15, -0.1) is 23.2 Å². The lowest BCUT2D eigenvalue weighted by Gasteiger charge is -1.87. The molecule has 4 heteroatoms. The minimum atomic E-state index is -0.611. The molecule has 0 aliphatic carbocycles. The lowest BCUT2D eigenvalue weighted by Crippen LogP contribution is -1.86. The van der Waals surface area contributed by atoms with E-state index in [1.165, 1.54) is 0 Å². The van der Waals surface area contributed by atoms with E-state index in [0.29, 0.717) is 0 Å². The third-order valence-corrected chi connectivity index (χ3v) is 0. The standard InChI is InChI=1S/C2H6OS.CH2Cl2/c1-4(2)3;2-1-3/h1-2H3;1H2. The summed E-state index contributed by atoms with van der Waals surface area (Å²) in [7, 11) is 0. The summed E-state index contributed by atoms with van der Waals surface area (Å²) in [4.78, 5) is 0. The molecule has 0 saturated carbocycles. The third kappa shape index (κ3) is 208. The maximum atomic E-state index is 9.56. The molecule has 0 aliphatic rings. The zero-order valence-corrected chi connectivity index (χ0v) is 6.61. The van der Waals surface area contributed by atoms with E-state index in [-0.39, 0.29) is 5.34 Å². The molecule has 0 aromatic heterocycles. The van der Waals surface area contributed by atoms with Gasteiger partial charge >= 0.3 is 0 Å². The van der Waals surface area contributed by atoms with Crippen LogP contribution in [0.1, 0.15) is 0 Å². The summed E-state index contributed by atoms with van der Waals surface area (Å²) in [6, 6.07) is 0. The number of alkyl halides is 2. The Morgan fingerprint density at radius 3 is 1.43 bits per heavy atom. The van der Waals surface area contributed by atoms with Crippen LogP contribution in [-0.2, 0) is 11.2 Å². The first-order chi connectivity index (χ1) is 3.15. The lowest BCUT2D eigenvalue weighted by atomic mass is 11.9. The van der Waals surface area contributed by atoms with Gasteiger partial charge in [0.2, 0.25) is 0 Å². The SMILES string of the molecule is C[S+](C)[O-].ClCCl. The van der Waals surface area contributed by atoms with E-state index in [1.54, 1.807) is 12.5 Å². The van der Waals surface area contributed by atoms with Crippen LogP contribution in [0, 0.1) is 0 Å². The largest absolute Gasteiger partial charge is 0.617 e. The highest BCUT2D eigenvalue weighted by molar-refractivity contribution is 7.89. The molecular formula is C3H8Cl2OS. The maximum Gasteiger partial charge on any atom is 0.0967 e. The van der Waals surface area contributed by atoms with Crippen LogP contribution in [0.3, 0.4) is 0 Å². The Morgan fingerprint density at radius 1 is 1.43 bits per heavy atom. The Hall–Kier alpha value is 0.890. The van der Waals surface area contributed by atoms with Gasteiger partial charge < -0.3 is 4.55 Å².